The molecule has 3 nitrogen and oxygen atoms in total. The smallest absolute Gasteiger partial charge is 0.416 e. The average molecular weight is 459 g/mol. The number of alkyl halides is 3. The molecule has 5 rings (SSSR count). The number of aliphatic carboxylic acids is 1. The summed E-state index contributed by atoms with van der Waals surface area (Å²) in [6, 6.07) is 4.69. The minimum absolute atomic E-state index is 0.00365. The minimum atomic E-state index is -4.37. The molecule has 4 aliphatic carbocycles. The van der Waals surface area contributed by atoms with Gasteiger partial charge in [-0.15, -0.1) is 0 Å². The molecule has 1 saturated carbocycles. The van der Waals surface area contributed by atoms with Gasteiger partial charge in [0.25, 0.3) is 0 Å². The highest BCUT2D eigenvalue weighted by Gasteiger charge is 2.38. The first-order chi connectivity index (χ1) is 15.8. The first-order valence-electron chi connectivity index (χ1n) is 12.0. The molecule has 1 fully saturated rings. The van der Waals surface area contributed by atoms with Gasteiger partial charge in [-0.05, 0) is 91.2 Å². The van der Waals surface area contributed by atoms with Gasteiger partial charge >= 0.3 is 12.1 Å². The average Bonchev–Trinajstić information content (AvgIpc) is 3.49. The number of carbonyl (C=O) groups is 1. The van der Waals surface area contributed by atoms with E-state index in [1.165, 1.54) is 22.8 Å². The Morgan fingerprint density at radius 2 is 1.88 bits per heavy atom. The standard InChI is InChI=1S/C27H29F3O3/c28-27(29,30)23-12-16(8-11-20(23)17-4-1-2-5-17)15-33-24-7-3-6-21-22(24)13-18-9-10-19(26(18)21)14-25(31)32/h7-8,11-12,17,19H,1-6,9-10,13-15H2,(H,31,32)/t19-/m1/s1. The third-order valence-electron chi connectivity index (χ3n) is 7.72. The summed E-state index contributed by atoms with van der Waals surface area (Å²) in [5.74, 6) is 0.0539. The van der Waals surface area contributed by atoms with Crippen molar-refractivity contribution in [2.24, 2.45) is 5.92 Å². The Hall–Kier alpha value is -2.50. The first kappa shape index (κ1) is 22.3. The number of allylic oxidation sites excluding steroid dienone is 5. The van der Waals surface area contributed by atoms with Crippen LogP contribution >= 0.6 is 0 Å². The van der Waals surface area contributed by atoms with Crippen LogP contribution in [0, 0.1) is 5.92 Å². The van der Waals surface area contributed by atoms with Crippen LogP contribution in [0.3, 0.4) is 0 Å². The number of rotatable bonds is 6. The zero-order valence-electron chi connectivity index (χ0n) is 18.6. The molecule has 1 N–H and O–H groups in total. The van der Waals surface area contributed by atoms with Crippen LogP contribution in [0.5, 0.6) is 0 Å². The molecule has 0 spiro atoms. The molecule has 0 amide bonds. The number of carboxylic acid groups (broad SMARTS) is 1. The fourth-order valence-corrected chi connectivity index (χ4v) is 6.29. The van der Waals surface area contributed by atoms with Gasteiger partial charge in [-0.25, -0.2) is 0 Å². The van der Waals surface area contributed by atoms with E-state index in [-0.39, 0.29) is 24.9 Å². The Morgan fingerprint density at radius 3 is 2.61 bits per heavy atom. The van der Waals surface area contributed by atoms with Crippen LogP contribution < -0.4 is 0 Å². The molecule has 0 radical (unpaired) electrons. The van der Waals surface area contributed by atoms with Crippen LogP contribution in [-0.2, 0) is 22.3 Å². The van der Waals surface area contributed by atoms with Gasteiger partial charge in [0.2, 0.25) is 0 Å². The summed E-state index contributed by atoms with van der Waals surface area (Å²) in [5, 5.41) is 9.27. The predicted octanol–water partition coefficient (Wildman–Crippen LogP) is 7.44. The number of fused-ring (bicyclic) bond motifs is 1. The van der Waals surface area contributed by atoms with E-state index < -0.39 is 17.7 Å². The zero-order chi connectivity index (χ0) is 23.2. The Morgan fingerprint density at radius 1 is 1.09 bits per heavy atom. The van der Waals surface area contributed by atoms with Gasteiger partial charge in [0, 0.05) is 5.57 Å². The zero-order valence-corrected chi connectivity index (χ0v) is 18.6. The summed E-state index contributed by atoms with van der Waals surface area (Å²) in [7, 11) is 0. The van der Waals surface area contributed by atoms with Crippen molar-refractivity contribution in [3.63, 3.8) is 0 Å². The van der Waals surface area contributed by atoms with Crippen LogP contribution in [0.25, 0.3) is 0 Å². The topological polar surface area (TPSA) is 46.5 Å². The second-order valence-electron chi connectivity index (χ2n) is 9.78. The number of ether oxygens (including phenoxy) is 1. The molecule has 0 heterocycles. The predicted molar refractivity (Wildman–Crippen MR) is 118 cm³/mol. The second kappa shape index (κ2) is 8.69. The molecule has 0 saturated heterocycles. The third-order valence-corrected chi connectivity index (χ3v) is 7.72. The highest BCUT2D eigenvalue weighted by Crippen LogP contribution is 2.51. The Labute approximate surface area is 192 Å². The summed E-state index contributed by atoms with van der Waals surface area (Å²) in [6.45, 7) is 0.0971. The van der Waals surface area contributed by atoms with Crippen molar-refractivity contribution >= 4 is 5.97 Å². The van der Waals surface area contributed by atoms with Gasteiger partial charge in [0.1, 0.15) is 12.4 Å². The van der Waals surface area contributed by atoms with Crippen molar-refractivity contribution in [3.8, 4) is 0 Å². The van der Waals surface area contributed by atoms with Crippen molar-refractivity contribution in [1.29, 1.82) is 0 Å². The Bertz CT molecular complexity index is 1050. The summed E-state index contributed by atoms with van der Waals surface area (Å²) in [5.41, 5.74) is 5.31. The quantitative estimate of drug-likeness (QED) is 0.482. The van der Waals surface area contributed by atoms with Gasteiger partial charge in [0.15, 0.2) is 0 Å². The van der Waals surface area contributed by atoms with Crippen molar-refractivity contribution in [3.05, 3.63) is 69.0 Å². The number of benzene rings is 1. The van der Waals surface area contributed by atoms with E-state index in [4.69, 9.17) is 4.74 Å². The van der Waals surface area contributed by atoms with Crippen molar-refractivity contribution < 1.29 is 27.8 Å². The SMILES string of the molecule is O=C(O)C[C@H]1CCC2=C1C1=C(C2)C(OCc2ccc(C3CCCC3)c(C(F)(F)F)c2)=CCC1. The van der Waals surface area contributed by atoms with Crippen molar-refractivity contribution in [1.82, 2.24) is 0 Å². The maximum Gasteiger partial charge on any atom is 0.416 e. The molecular weight excluding hydrogens is 429 g/mol. The molecule has 0 aromatic heterocycles. The molecule has 176 valence electrons. The lowest BCUT2D eigenvalue weighted by Gasteiger charge is -2.23. The summed E-state index contributed by atoms with van der Waals surface area (Å²) >= 11 is 0. The fraction of sp³-hybridized carbons (Fsp3) is 0.519. The van der Waals surface area contributed by atoms with Crippen LogP contribution in [0.15, 0.2) is 52.3 Å². The van der Waals surface area contributed by atoms with E-state index in [0.29, 0.717) is 11.1 Å². The van der Waals surface area contributed by atoms with Crippen LogP contribution in [0.4, 0.5) is 13.2 Å². The van der Waals surface area contributed by atoms with Crippen molar-refractivity contribution in [2.75, 3.05) is 0 Å². The molecule has 0 unspecified atom stereocenters. The monoisotopic (exact) mass is 458 g/mol. The van der Waals surface area contributed by atoms with Gasteiger partial charge in [0.05, 0.1) is 12.0 Å². The maximum atomic E-state index is 13.8. The largest absolute Gasteiger partial charge is 0.489 e. The highest BCUT2D eigenvalue weighted by molar-refractivity contribution is 5.69. The van der Waals surface area contributed by atoms with Crippen LogP contribution in [0.1, 0.15) is 86.8 Å². The third kappa shape index (κ3) is 4.36. The normalized spacial score (nSPS) is 23.1. The molecular formula is C27H29F3O3. The lowest BCUT2D eigenvalue weighted by molar-refractivity contribution is -0.139. The van der Waals surface area contributed by atoms with Gasteiger partial charge in [-0.1, -0.05) is 30.5 Å². The van der Waals surface area contributed by atoms with E-state index in [0.717, 1.165) is 69.1 Å². The molecule has 4 aliphatic rings. The number of halogens is 3. The summed E-state index contributed by atoms with van der Waals surface area (Å²) < 4.78 is 47.5. The van der Waals surface area contributed by atoms with Crippen LogP contribution in [0.2, 0.25) is 0 Å². The fourth-order valence-electron chi connectivity index (χ4n) is 6.29. The van der Waals surface area contributed by atoms with E-state index in [2.05, 4.69) is 0 Å². The molecule has 1 atom stereocenters. The number of carboxylic acids is 1. The van der Waals surface area contributed by atoms with Gasteiger partial charge in [-0.2, -0.15) is 13.2 Å². The molecule has 1 aromatic carbocycles. The van der Waals surface area contributed by atoms with E-state index >= 15 is 0 Å². The van der Waals surface area contributed by atoms with Gasteiger partial charge < -0.3 is 9.84 Å². The summed E-state index contributed by atoms with van der Waals surface area (Å²) in [4.78, 5) is 11.3. The Kier molecular flexibility index (Phi) is 5.87. The second-order valence-corrected chi connectivity index (χ2v) is 9.78. The number of hydrogen-bond donors (Lipinski definition) is 1. The van der Waals surface area contributed by atoms with Crippen molar-refractivity contribution in [2.45, 2.75) is 82.9 Å². The van der Waals surface area contributed by atoms with E-state index in [9.17, 15) is 23.1 Å². The van der Waals surface area contributed by atoms with E-state index in [1.54, 1.807) is 12.1 Å². The molecule has 1 aromatic rings. The van der Waals surface area contributed by atoms with E-state index in [1.807, 2.05) is 6.08 Å². The lowest BCUT2D eigenvalue weighted by atomic mass is 9.86. The molecule has 0 bridgehead atoms. The van der Waals surface area contributed by atoms with Gasteiger partial charge in [-0.3, -0.25) is 4.79 Å². The molecule has 6 heteroatoms. The minimum Gasteiger partial charge on any atom is -0.489 e. The highest BCUT2D eigenvalue weighted by atomic mass is 19.4. The van der Waals surface area contributed by atoms with Crippen LogP contribution in [-0.4, -0.2) is 11.1 Å². The lowest BCUT2D eigenvalue weighted by Crippen LogP contribution is -2.13. The first-order valence-corrected chi connectivity index (χ1v) is 12.0. The number of hydrogen-bond acceptors (Lipinski definition) is 2. The Balaban J connectivity index is 1.33. The molecule has 33 heavy (non-hydrogen) atoms. The maximum absolute atomic E-state index is 13.8. The summed E-state index contributed by atoms with van der Waals surface area (Å²) in [6.07, 6.45) is 5.72. The molecule has 0 aliphatic heterocycles.